The molecule has 3 N–H and O–H groups in total. The lowest BCUT2D eigenvalue weighted by Crippen LogP contribution is -1.97. The van der Waals surface area contributed by atoms with Crippen LogP contribution in [0.2, 0.25) is 0 Å². The Morgan fingerprint density at radius 3 is 2.59 bits per heavy atom. The minimum Gasteiger partial charge on any atom is -0.515 e. The number of aldehydes is 1. The largest absolute Gasteiger partial charge is 0.515 e. The van der Waals surface area contributed by atoms with Crippen LogP contribution in [-0.2, 0) is 4.79 Å². The van der Waals surface area contributed by atoms with Crippen LogP contribution >= 0.6 is 0 Å². The third kappa shape index (κ3) is 3.02. The number of ether oxygens (including phenoxy) is 1. The Kier molecular flexibility index (Phi) is 5.35. The first-order valence-electron chi connectivity index (χ1n) is 4.26. The van der Waals surface area contributed by atoms with E-state index in [1.165, 1.54) is 25.3 Å². The molecule has 0 aromatic heterocycles. The van der Waals surface area contributed by atoms with Gasteiger partial charge in [-0.2, -0.15) is 0 Å². The molecule has 7 heteroatoms. The lowest BCUT2D eigenvalue weighted by molar-refractivity contribution is -0.385. The van der Waals surface area contributed by atoms with Crippen molar-refractivity contribution < 1.29 is 25.0 Å². The zero-order chi connectivity index (χ0) is 12.1. The van der Waals surface area contributed by atoms with Crippen molar-refractivity contribution in [3.63, 3.8) is 0 Å². The molecule has 0 spiro atoms. The van der Waals surface area contributed by atoms with E-state index in [0.717, 1.165) is 0 Å². The molecule has 0 fully saturated rings. The van der Waals surface area contributed by atoms with Crippen LogP contribution in [0.5, 0.6) is 5.75 Å². The van der Waals surface area contributed by atoms with Gasteiger partial charge in [0.1, 0.15) is 5.75 Å². The van der Waals surface area contributed by atoms with Crippen molar-refractivity contribution in [2.45, 2.75) is 0 Å². The number of hydrogen-bond donors (Lipinski definition) is 1. The fourth-order valence-electron chi connectivity index (χ4n) is 1.20. The maximum absolute atomic E-state index is 10.7. The number of carbonyl (C=O) groups is 1. The average molecular weight is 241 g/mol. The van der Waals surface area contributed by atoms with E-state index in [2.05, 4.69) is 0 Å². The van der Waals surface area contributed by atoms with Crippen LogP contribution in [0.1, 0.15) is 5.56 Å². The number of carbonyl (C=O) groups excluding carboxylic acids is 1. The smallest absolute Gasteiger partial charge is 0.277 e. The van der Waals surface area contributed by atoms with Gasteiger partial charge in [-0.1, -0.05) is 0 Å². The molecule has 0 aliphatic heterocycles. The van der Waals surface area contributed by atoms with Gasteiger partial charge in [0.25, 0.3) is 5.69 Å². The number of rotatable bonds is 4. The number of benzene rings is 1. The Hall–Kier alpha value is -2.41. The summed E-state index contributed by atoms with van der Waals surface area (Å²) in [6.45, 7) is 0. The number of aliphatic hydroxyl groups excluding tert-OH is 1. The Balaban J connectivity index is 0.00000256. The van der Waals surface area contributed by atoms with Crippen molar-refractivity contribution in [1.82, 2.24) is 0 Å². The zero-order valence-electron chi connectivity index (χ0n) is 8.91. The Labute approximate surface area is 96.4 Å². The van der Waals surface area contributed by atoms with E-state index in [1.54, 1.807) is 0 Å². The second-order valence-corrected chi connectivity index (χ2v) is 2.84. The van der Waals surface area contributed by atoms with Crippen LogP contribution in [0.25, 0.3) is 5.57 Å². The van der Waals surface area contributed by atoms with Crippen molar-refractivity contribution in [2.75, 3.05) is 7.11 Å². The molecule has 7 nitrogen and oxygen atoms in total. The minimum atomic E-state index is -0.637. The fourth-order valence-corrected chi connectivity index (χ4v) is 1.20. The van der Waals surface area contributed by atoms with E-state index in [1.807, 2.05) is 0 Å². The number of nitro groups is 1. The van der Waals surface area contributed by atoms with Crippen LogP contribution in [0, 0.1) is 10.1 Å². The highest BCUT2D eigenvalue weighted by atomic mass is 16.6. The van der Waals surface area contributed by atoms with Crippen LogP contribution in [-0.4, -0.2) is 28.9 Å². The third-order valence-corrected chi connectivity index (χ3v) is 1.98. The molecule has 0 atom stereocenters. The van der Waals surface area contributed by atoms with Crippen LogP contribution in [0.3, 0.4) is 0 Å². The van der Waals surface area contributed by atoms with Crippen molar-refractivity contribution in [2.24, 2.45) is 0 Å². The van der Waals surface area contributed by atoms with E-state index in [-0.39, 0.29) is 22.3 Å². The Morgan fingerprint density at radius 2 is 2.18 bits per heavy atom. The summed E-state index contributed by atoms with van der Waals surface area (Å²) >= 11 is 0. The molecule has 0 radical (unpaired) electrons. The maximum atomic E-state index is 10.7. The molecular formula is C10H11NO6. The number of allylic oxidation sites excluding steroid dienone is 1. The first kappa shape index (κ1) is 14.6. The van der Waals surface area contributed by atoms with Gasteiger partial charge in [0, 0.05) is 6.07 Å². The normalized spacial score (nSPS) is 10.3. The number of methoxy groups -OCH3 is 1. The van der Waals surface area contributed by atoms with Gasteiger partial charge in [-0.05, 0) is 12.1 Å². The molecule has 1 aromatic rings. The summed E-state index contributed by atoms with van der Waals surface area (Å²) in [4.78, 5) is 20.7. The molecule has 0 saturated carbocycles. The van der Waals surface area contributed by atoms with Crippen molar-refractivity contribution >= 4 is 17.5 Å². The maximum Gasteiger partial charge on any atom is 0.277 e. The molecule has 1 aromatic carbocycles. The lowest BCUT2D eigenvalue weighted by atomic mass is 10.1. The van der Waals surface area contributed by atoms with E-state index in [0.29, 0.717) is 18.3 Å². The second kappa shape index (κ2) is 6.23. The average Bonchev–Trinajstić information content (AvgIpc) is 2.30. The predicted octanol–water partition coefficient (Wildman–Crippen LogP) is 0.876. The van der Waals surface area contributed by atoms with Gasteiger partial charge in [-0.15, -0.1) is 0 Å². The Bertz CT molecular complexity index is 454. The highest BCUT2D eigenvalue weighted by Gasteiger charge is 2.17. The van der Waals surface area contributed by atoms with Crippen molar-refractivity contribution in [1.29, 1.82) is 0 Å². The lowest BCUT2D eigenvalue weighted by Gasteiger charge is -2.04. The van der Waals surface area contributed by atoms with Crippen LogP contribution in [0.15, 0.2) is 24.5 Å². The molecule has 0 unspecified atom stereocenters. The summed E-state index contributed by atoms with van der Waals surface area (Å²) < 4.78 is 4.88. The van der Waals surface area contributed by atoms with E-state index >= 15 is 0 Å². The monoisotopic (exact) mass is 241 g/mol. The minimum absolute atomic E-state index is 0. The number of nitro benzene ring substituents is 1. The molecule has 0 heterocycles. The number of hydrogen-bond acceptors (Lipinski definition) is 5. The first-order chi connectivity index (χ1) is 7.63. The van der Waals surface area contributed by atoms with Crippen molar-refractivity contribution in [3.05, 3.63) is 40.1 Å². The topological polar surface area (TPSA) is 121 Å². The summed E-state index contributed by atoms with van der Waals surface area (Å²) in [7, 11) is 1.40. The molecule has 0 amide bonds. The van der Waals surface area contributed by atoms with Crippen molar-refractivity contribution in [3.8, 4) is 5.75 Å². The Morgan fingerprint density at radius 1 is 1.53 bits per heavy atom. The van der Waals surface area contributed by atoms with Gasteiger partial charge in [-0.25, -0.2) is 0 Å². The van der Waals surface area contributed by atoms with Crippen LogP contribution < -0.4 is 4.74 Å². The van der Waals surface area contributed by atoms with E-state index in [4.69, 9.17) is 9.84 Å². The number of nitrogens with zero attached hydrogens (tertiary/aromatic N) is 1. The van der Waals surface area contributed by atoms with E-state index in [9.17, 15) is 14.9 Å². The standard InChI is InChI=1S/C10H9NO5.H2O/c1-16-8-2-3-10(11(14)15)9(4-8)7(5-12)6-13;/h2-6,12H,1H3;1H2/b7-5+;. The summed E-state index contributed by atoms with van der Waals surface area (Å²) in [6, 6.07) is 3.93. The molecule has 0 aliphatic carbocycles. The summed E-state index contributed by atoms with van der Waals surface area (Å²) in [5, 5.41) is 19.5. The van der Waals surface area contributed by atoms with Gasteiger partial charge < -0.3 is 15.3 Å². The fraction of sp³-hybridized carbons (Fsp3) is 0.100. The highest BCUT2D eigenvalue weighted by Crippen LogP contribution is 2.28. The summed E-state index contributed by atoms with van der Waals surface area (Å²) in [5.74, 6) is 0.363. The van der Waals surface area contributed by atoms with Gasteiger partial charge in [0.2, 0.25) is 0 Å². The van der Waals surface area contributed by atoms with E-state index < -0.39 is 4.92 Å². The summed E-state index contributed by atoms with van der Waals surface area (Å²) in [6.07, 6.45) is 0.858. The molecule has 0 aliphatic rings. The highest BCUT2D eigenvalue weighted by molar-refractivity contribution is 6.08. The predicted molar refractivity (Wildman–Crippen MR) is 59.9 cm³/mol. The van der Waals surface area contributed by atoms with Crippen LogP contribution in [0.4, 0.5) is 5.69 Å². The molecule has 92 valence electrons. The molecule has 17 heavy (non-hydrogen) atoms. The molecular weight excluding hydrogens is 230 g/mol. The summed E-state index contributed by atoms with van der Waals surface area (Å²) in [5.41, 5.74) is -0.430. The second-order valence-electron chi connectivity index (χ2n) is 2.84. The van der Waals surface area contributed by atoms with Gasteiger partial charge >= 0.3 is 0 Å². The molecule has 0 bridgehead atoms. The molecule has 0 saturated heterocycles. The van der Waals surface area contributed by atoms with Gasteiger partial charge in [-0.3, -0.25) is 14.9 Å². The molecule has 1 rings (SSSR count). The first-order valence-corrected chi connectivity index (χ1v) is 4.26. The third-order valence-electron chi connectivity index (χ3n) is 1.98. The quantitative estimate of drug-likeness (QED) is 0.275. The van der Waals surface area contributed by atoms with Gasteiger partial charge in [0.05, 0.1) is 29.4 Å². The van der Waals surface area contributed by atoms with Gasteiger partial charge in [0.15, 0.2) is 6.29 Å². The SMILES string of the molecule is COc1ccc([N+](=O)[O-])c(/C(C=O)=C/O)c1.O. The zero-order valence-corrected chi connectivity index (χ0v) is 8.91. The number of aliphatic hydroxyl groups is 1.